The topological polar surface area (TPSA) is 107 Å². The highest BCUT2D eigenvalue weighted by Gasteiger charge is 2.23. The molecule has 32 heavy (non-hydrogen) atoms. The quantitative estimate of drug-likeness (QED) is 0.657. The minimum Gasteiger partial charge on any atom is -0.397 e. The van der Waals surface area contributed by atoms with Gasteiger partial charge in [0.25, 0.3) is 5.91 Å². The second-order valence-electron chi connectivity index (χ2n) is 7.71. The van der Waals surface area contributed by atoms with Crippen molar-refractivity contribution < 1.29 is 9.53 Å². The maximum absolute atomic E-state index is 12.6. The highest BCUT2D eigenvalue weighted by atomic mass is 16.5. The predicted octanol–water partition coefficient (Wildman–Crippen LogP) is 3.34. The van der Waals surface area contributed by atoms with Gasteiger partial charge in [-0.25, -0.2) is 15.3 Å². The number of carbonyl (C=O) groups is 1. The molecular weight excluding hydrogens is 404 g/mol. The van der Waals surface area contributed by atoms with Crippen LogP contribution in [0.1, 0.15) is 21.6 Å². The number of hydrogen-bond donors (Lipinski definition) is 2. The first-order chi connectivity index (χ1) is 15.6. The van der Waals surface area contributed by atoms with Crippen LogP contribution in [0.4, 0.5) is 22.9 Å². The van der Waals surface area contributed by atoms with E-state index in [0.29, 0.717) is 28.5 Å². The van der Waals surface area contributed by atoms with Crippen LogP contribution >= 0.6 is 0 Å². The van der Waals surface area contributed by atoms with Gasteiger partial charge in [-0.1, -0.05) is 0 Å². The van der Waals surface area contributed by atoms with Crippen LogP contribution in [0.2, 0.25) is 0 Å². The summed E-state index contributed by atoms with van der Waals surface area (Å²) in [6, 6.07) is 13.6. The van der Waals surface area contributed by atoms with Crippen molar-refractivity contribution in [2.45, 2.75) is 6.92 Å². The van der Waals surface area contributed by atoms with E-state index >= 15 is 0 Å². The summed E-state index contributed by atoms with van der Waals surface area (Å²) in [5, 5.41) is 7.23. The van der Waals surface area contributed by atoms with E-state index < -0.39 is 0 Å². The third-order valence-electron chi connectivity index (χ3n) is 5.61. The molecule has 4 heterocycles. The summed E-state index contributed by atoms with van der Waals surface area (Å²) in [5.41, 5.74) is 11.8. The molecule has 8 heteroatoms. The minimum atomic E-state index is -0.324. The molecule has 0 bridgehead atoms. The average Bonchev–Trinajstić information content (AvgIpc) is 2.82. The molecule has 0 atom stereocenters. The summed E-state index contributed by atoms with van der Waals surface area (Å²) < 4.78 is 5.43. The Morgan fingerprint density at radius 1 is 1.03 bits per heavy atom. The first-order valence-electron chi connectivity index (χ1n) is 10.5. The molecule has 3 N–H and O–H groups in total. The average molecular weight is 427 g/mol. The van der Waals surface area contributed by atoms with Crippen LogP contribution in [0.25, 0.3) is 17.5 Å². The van der Waals surface area contributed by atoms with Crippen molar-refractivity contribution in [3.8, 4) is 11.4 Å². The first kappa shape index (κ1) is 20.0. The van der Waals surface area contributed by atoms with Gasteiger partial charge in [-0.15, -0.1) is 0 Å². The van der Waals surface area contributed by atoms with Crippen LogP contribution in [0.15, 0.2) is 48.7 Å². The molecular formula is C24H23N6O2. The molecule has 5 rings (SSSR count). The number of nitrogens with two attached hydrogens (primary N) is 1. The Balaban J connectivity index is 1.50. The molecule has 0 aliphatic carbocycles. The number of fused-ring (bicyclic) bond motifs is 1. The van der Waals surface area contributed by atoms with Crippen LogP contribution in [-0.2, 0) is 4.74 Å². The molecule has 1 amide bonds. The number of amides is 1. The monoisotopic (exact) mass is 427 g/mol. The van der Waals surface area contributed by atoms with Gasteiger partial charge < -0.3 is 20.7 Å². The van der Waals surface area contributed by atoms with E-state index in [1.54, 1.807) is 6.08 Å². The fourth-order valence-corrected chi connectivity index (χ4v) is 3.82. The zero-order valence-electron chi connectivity index (χ0n) is 17.7. The molecule has 1 aromatic carbocycles. The lowest BCUT2D eigenvalue weighted by atomic mass is 10.0. The first-order valence-corrected chi connectivity index (χ1v) is 10.5. The van der Waals surface area contributed by atoms with Gasteiger partial charge in [-0.05, 0) is 61.0 Å². The van der Waals surface area contributed by atoms with E-state index in [9.17, 15) is 4.79 Å². The number of carbonyl (C=O) groups excluding carboxylic acids is 1. The highest BCUT2D eigenvalue weighted by Crippen LogP contribution is 2.31. The number of rotatable bonds is 4. The van der Waals surface area contributed by atoms with E-state index in [2.05, 4.69) is 32.7 Å². The van der Waals surface area contributed by atoms with Gasteiger partial charge in [0.1, 0.15) is 5.82 Å². The fourth-order valence-electron chi connectivity index (χ4n) is 3.82. The molecule has 0 unspecified atom stereocenters. The van der Waals surface area contributed by atoms with Crippen LogP contribution in [0.3, 0.4) is 0 Å². The largest absolute Gasteiger partial charge is 0.397 e. The van der Waals surface area contributed by atoms with Gasteiger partial charge in [-0.3, -0.25) is 4.79 Å². The van der Waals surface area contributed by atoms with Crippen LogP contribution in [0, 0.1) is 6.92 Å². The second-order valence-corrected chi connectivity index (χ2v) is 7.71. The number of pyridine rings is 2. The summed E-state index contributed by atoms with van der Waals surface area (Å²) in [7, 11) is 0. The van der Waals surface area contributed by atoms with Gasteiger partial charge in [0.15, 0.2) is 0 Å². The lowest BCUT2D eigenvalue weighted by Gasteiger charge is -2.29. The Morgan fingerprint density at radius 3 is 2.56 bits per heavy atom. The molecule has 161 valence electrons. The summed E-state index contributed by atoms with van der Waals surface area (Å²) in [6.45, 7) is 5.08. The molecule has 1 fully saturated rings. The lowest BCUT2D eigenvalue weighted by Crippen LogP contribution is -2.36. The number of nitrogens with zero attached hydrogens (tertiary/aromatic N) is 4. The third kappa shape index (κ3) is 3.88. The molecule has 1 saturated heterocycles. The molecule has 0 saturated carbocycles. The van der Waals surface area contributed by atoms with E-state index in [4.69, 9.17) is 15.5 Å². The summed E-state index contributed by atoms with van der Waals surface area (Å²) in [5.74, 6) is 0.126. The number of aromatic nitrogens is 2. The van der Waals surface area contributed by atoms with Gasteiger partial charge in [0, 0.05) is 30.7 Å². The van der Waals surface area contributed by atoms with Crippen molar-refractivity contribution in [3.05, 3.63) is 65.5 Å². The Labute approximate surface area is 186 Å². The minimum absolute atomic E-state index is 0.324. The highest BCUT2D eigenvalue weighted by molar-refractivity contribution is 6.05. The van der Waals surface area contributed by atoms with Crippen molar-refractivity contribution in [1.82, 2.24) is 15.3 Å². The maximum atomic E-state index is 12.6. The van der Waals surface area contributed by atoms with Gasteiger partial charge in [0.2, 0.25) is 0 Å². The number of benzene rings is 1. The summed E-state index contributed by atoms with van der Waals surface area (Å²) >= 11 is 0. The van der Waals surface area contributed by atoms with Crippen LogP contribution < -0.4 is 21.3 Å². The summed E-state index contributed by atoms with van der Waals surface area (Å²) in [6.07, 6.45) is 3.32. The zero-order valence-corrected chi connectivity index (χ0v) is 17.7. The number of ether oxygens (including phenoxy) is 1. The third-order valence-corrected chi connectivity index (χ3v) is 5.61. The van der Waals surface area contributed by atoms with E-state index in [0.717, 1.165) is 48.9 Å². The fraction of sp³-hybridized carbons (Fsp3) is 0.208. The molecule has 0 spiro atoms. The van der Waals surface area contributed by atoms with Gasteiger partial charge in [0.05, 0.1) is 41.5 Å². The van der Waals surface area contributed by atoms with Crippen LogP contribution in [-0.4, -0.2) is 42.2 Å². The number of aryl methyl sites for hydroxylation is 1. The number of nitrogens with one attached hydrogen (secondary N) is 1. The number of hydrogen-bond acceptors (Lipinski definition) is 7. The zero-order chi connectivity index (χ0) is 22.1. The van der Waals surface area contributed by atoms with E-state index in [-0.39, 0.29) is 5.91 Å². The summed E-state index contributed by atoms with van der Waals surface area (Å²) in [4.78, 5) is 24.1. The van der Waals surface area contributed by atoms with Crippen molar-refractivity contribution in [1.29, 1.82) is 0 Å². The maximum Gasteiger partial charge on any atom is 0.281 e. The predicted molar refractivity (Wildman–Crippen MR) is 125 cm³/mol. The Hall–Kier alpha value is -3.91. The Bertz CT molecular complexity index is 1200. The standard InChI is InChI=1S/C24H23N6O2/c1-15-19(25)6-7-20(27-15)21-14-16-8-9-26-24(31)22(16)23(29-21)28-17-2-4-18(5-3-17)30-10-12-32-13-11-30/h2-9,14H,10-13,25H2,1H3,(H,28,29). The molecule has 2 aliphatic rings. The van der Waals surface area contributed by atoms with E-state index in [1.807, 2.05) is 37.3 Å². The number of morpholine rings is 1. The van der Waals surface area contributed by atoms with E-state index in [1.165, 1.54) is 6.20 Å². The number of nitrogen functional groups attached to an aromatic ring is 1. The van der Waals surface area contributed by atoms with Crippen molar-refractivity contribution in [2.24, 2.45) is 0 Å². The van der Waals surface area contributed by atoms with Crippen molar-refractivity contribution >= 4 is 34.9 Å². The smallest absolute Gasteiger partial charge is 0.281 e. The lowest BCUT2D eigenvalue weighted by molar-refractivity contribution is 0.0965. The number of anilines is 4. The molecule has 1 radical (unpaired) electrons. The van der Waals surface area contributed by atoms with Gasteiger partial charge >= 0.3 is 0 Å². The second kappa shape index (κ2) is 8.32. The Morgan fingerprint density at radius 2 is 1.81 bits per heavy atom. The normalized spacial score (nSPS) is 15.3. The van der Waals surface area contributed by atoms with Crippen molar-refractivity contribution in [3.63, 3.8) is 0 Å². The van der Waals surface area contributed by atoms with Gasteiger partial charge in [-0.2, -0.15) is 0 Å². The molecule has 2 aromatic heterocycles. The van der Waals surface area contributed by atoms with Crippen LogP contribution in [0.5, 0.6) is 0 Å². The SMILES string of the molecule is Cc1nc(-c2cc3c(c(Nc4ccc(N5CCOCC5)cc4)n2)C(=O)[N]C=C3)ccc1N. The molecule has 8 nitrogen and oxygen atoms in total. The molecule has 2 aliphatic heterocycles. The Kier molecular flexibility index (Phi) is 5.20. The molecule has 3 aromatic rings. The van der Waals surface area contributed by atoms with Crippen molar-refractivity contribution in [2.75, 3.05) is 42.3 Å².